The summed E-state index contributed by atoms with van der Waals surface area (Å²) in [7, 11) is 0. The molecular weight excluding hydrogens is 210 g/mol. The van der Waals surface area contributed by atoms with Gasteiger partial charge in [-0.25, -0.2) is 15.0 Å². The summed E-state index contributed by atoms with van der Waals surface area (Å²) in [5, 5.41) is 0. The van der Waals surface area contributed by atoms with Crippen LogP contribution < -0.4 is 0 Å². The Morgan fingerprint density at radius 1 is 1.31 bits per heavy atom. The second-order valence-electron chi connectivity index (χ2n) is 3.34. The van der Waals surface area contributed by atoms with Gasteiger partial charge in [-0.2, -0.15) is 0 Å². The van der Waals surface area contributed by atoms with Crippen LogP contribution in [0, 0.1) is 0 Å². The van der Waals surface area contributed by atoms with E-state index in [0.29, 0.717) is 17.3 Å². The lowest BCUT2D eigenvalue weighted by Crippen LogP contribution is -2.31. The van der Waals surface area contributed by atoms with Gasteiger partial charge in [0.15, 0.2) is 6.29 Å². The van der Waals surface area contributed by atoms with Crippen molar-refractivity contribution in [1.82, 2.24) is 15.0 Å². The van der Waals surface area contributed by atoms with E-state index in [4.69, 9.17) is 13.9 Å². The fourth-order valence-corrected chi connectivity index (χ4v) is 1.43. The molecule has 2 aromatic rings. The number of aromatic nitrogens is 3. The van der Waals surface area contributed by atoms with Crippen molar-refractivity contribution >= 4 is 0 Å². The lowest BCUT2D eigenvalue weighted by Gasteiger charge is -2.31. The summed E-state index contributed by atoms with van der Waals surface area (Å²) in [4.78, 5) is 12.1. The molecule has 0 atom stereocenters. The highest BCUT2D eigenvalue weighted by atomic mass is 16.9. The first-order valence-corrected chi connectivity index (χ1v) is 4.85. The molecule has 0 amide bonds. The van der Waals surface area contributed by atoms with Crippen LogP contribution in [0.5, 0.6) is 0 Å². The van der Waals surface area contributed by atoms with Crippen LogP contribution in [-0.4, -0.2) is 21.2 Å². The predicted molar refractivity (Wildman–Crippen MR) is 51.9 cm³/mol. The molecule has 3 heterocycles. The van der Waals surface area contributed by atoms with Crippen LogP contribution in [0.4, 0.5) is 0 Å². The molecule has 1 fully saturated rings. The van der Waals surface area contributed by atoms with E-state index in [-0.39, 0.29) is 6.29 Å². The number of nitrogens with zero attached hydrogens (tertiary/aromatic N) is 3. The first-order chi connectivity index (χ1) is 7.83. The van der Waals surface area contributed by atoms with Gasteiger partial charge in [0.05, 0.1) is 0 Å². The van der Waals surface area contributed by atoms with E-state index in [2.05, 4.69) is 15.0 Å². The summed E-state index contributed by atoms with van der Waals surface area (Å²) in [6, 6.07) is 1.72. The van der Waals surface area contributed by atoms with Gasteiger partial charge in [-0.3, -0.25) is 0 Å². The van der Waals surface area contributed by atoms with E-state index < -0.39 is 6.29 Å². The summed E-state index contributed by atoms with van der Waals surface area (Å²) in [6.07, 6.45) is 3.98. The highest BCUT2D eigenvalue weighted by Crippen LogP contribution is 2.31. The molecule has 0 bridgehead atoms. The van der Waals surface area contributed by atoms with E-state index in [1.165, 1.54) is 12.6 Å². The zero-order valence-electron chi connectivity index (χ0n) is 8.53. The van der Waals surface area contributed by atoms with Gasteiger partial charge in [-0.05, 0) is 13.0 Å². The molecule has 0 unspecified atom stereocenters. The molecule has 1 aliphatic rings. The molecule has 0 radical (unpaired) electrons. The monoisotopic (exact) mass is 219 g/mol. The maximum Gasteiger partial charge on any atom is 0.245 e. The molecule has 6 nitrogen and oxygen atoms in total. The van der Waals surface area contributed by atoms with Gasteiger partial charge >= 0.3 is 0 Å². The Labute approximate surface area is 91.3 Å². The molecule has 6 heteroatoms. The third-order valence-corrected chi connectivity index (χ3v) is 2.19. The molecule has 0 aliphatic carbocycles. The lowest BCUT2D eigenvalue weighted by molar-refractivity contribution is -0.383. The Kier molecular flexibility index (Phi) is 2.16. The Morgan fingerprint density at radius 2 is 2.19 bits per heavy atom. The molecule has 0 aromatic carbocycles. The van der Waals surface area contributed by atoms with Crippen LogP contribution in [-0.2, 0) is 9.47 Å². The number of hydrogen-bond donors (Lipinski definition) is 0. The van der Waals surface area contributed by atoms with Crippen LogP contribution >= 0.6 is 0 Å². The quantitative estimate of drug-likeness (QED) is 0.762. The summed E-state index contributed by atoms with van der Waals surface area (Å²) in [5.74, 6) is 0.434. The minimum atomic E-state index is -0.422. The smallest absolute Gasteiger partial charge is 0.245 e. The molecule has 2 aromatic heterocycles. The van der Waals surface area contributed by atoms with E-state index in [1.807, 2.05) is 6.92 Å². The van der Waals surface area contributed by atoms with Crippen molar-refractivity contribution < 1.29 is 13.9 Å². The summed E-state index contributed by atoms with van der Waals surface area (Å²) in [6.45, 7) is 1.82. The molecule has 0 N–H and O–H groups in total. The van der Waals surface area contributed by atoms with Crippen molar-refractivity contribution in [2.75, 3.05) is 0 Å². The average molecular weight is 219 g/mol. The number of hydrogen-bond acceptors (Lipinski definition) is 6. The molecular formula is C10H9N3O3. The van der Waals surface area contributed by atoms with Gasteiger partial charge in [0.2, 0.25) is 12.2 Å². The first-order valence-electron chi connectivity index (χ1n) is 4.85. The molecule has 0 spiro atoms. The Bertz CT molecular complexity index is 479. The Balaban J connectivity index is 1.83. The molecule has 0 saturated carbocycles. The second-order valence-corrected chi connectivity index (χ2v) is 3.34. The molecule has 82 valence electrons. The van der Waals surface area contributed by atoms with E-state index in [0.717, 1.165) is 0 Å². The highest BCUT2D eigenvalue weighted by molar-refractivity contribution is 5.45. The van der Waals surface area contributed by atoms with Crippen molar-refractivity contribution in [3.63, 3.8) is 0 Å². The second kappa shape index (κ2) is 3.66. The van der Waals surface area contributed by atoms with Crippen molar-refractivity contribution in [3.8, 4) is 11.6 Å². The number of oxazole rings is 1. The van der Waals surface area contributed by atoms with Crippen molar-refractivity contribution in [1.29, 1.82) is 0 Å². The van der Waals surface area contributed by atoms with Crippen LogP contribution in [0.1, 0.15) is 18.9 Å². The molecule has 1 saturated heterocycles. The van der Waals surface area contributed by atoms with Gasteiger partial charge in [-0.1, -0.05) is 0 Å². The first kappa shape index (κ1) is 9.44. The van der Waals surface area contributed by atoms with Gasteiger partial charge in [0, 0.05) is 6.20 Å². The zero-order chi connectivity index (χ0) is 11.0. The van der Waals surface area contributed by atoms with Gasteiger partial charge in [0.1, 0.15) is 24.0 Å². The Hall–Kier alpha value is -1.79. The van der Waals surface area contributed by atoms with Crippen molar-refractivity contribution in [2.45, 2.75) is 19.5 Å². The minimum absolute atomic E-state index is 0.177. The maximum atomic E-state index is 5.30. The third kappa shape index (κ3) is 1.58. The fourth-order valence-electron chi connectivity index (χ4n) is 1.43. The molecule has 3 rings (SSSR count). The normalized spacial score (nSPS) is 24.1. The largest absolute Gasteiger partial charge is 0.443 e. The maximum absolute atomic E-state index is 5.30. The van der Waals surface area contributed by atoms with Crippen molar-refractivity contribution in [2.24, 2.45) is 0 Å². The Morgan fingerprint density at radius 3 is 2.88 bits per heavy atom. The molecule has 16 heavy (non-hydrogen) atoms. The number of rotatable bonds is 2. The van der Waals surface area contributed by atoms with Crippen LogP contribution in [0.15, 0.2) is 29.3 Å². The average Bonchev–Trinajstić information content (AvgIpc) is 2.75. The third-order valence-electron chi connectivity index (χ3n) is 2.19. The molecule has 1 aliphatic heterocycles. The van der Waals surface area contributed by atoms with E-state index >= 15 is 0 Å². The fraction of sp³-hybridized carbons (Fsp3) is 0.300. The van der Waals surface area contributed by atoms with Gasteiger partial charge in [-0.15, -0.1) is 0 Å². The zero-order valence-corrected chi connectivity index (χ0v) is 8.53. The predicted octanol–water partition coefficient (Wildman–Crippen LogP) is 1.52. The van der Waals surface area contributed by atoms with E-state index in [1.54, 1.807) is 12.3 Å². The number of ether oxygens (including phenoxy) is 2. The van der Waals surface area contributed by atoms with Crippen LogP contribution in [0.3, 0.4) is 0 Å². The minimum Gasteiger partial charge on any atom is -0.443 e. The standard InChI is InChI=1S/C10H9N3O3/c1-6-15-10(16-6)8-4-14-9(13-8)7-2-3-11-5-12-7/h2-6,10H,1H3. The van der Waals surface area contributed by atoms with Gasteiger partial charge < -0.3 is 13.9 Å². The summed E-state index contributed by atoms with van der Waals surface area (Å²) < 4.78 is 15.9. The van der Waals surface area contributed by atoms with Gasteiger partial charge in [0.25, 0.3) is 0 Å². The van der Waals surface area contributed by atoms with Crippen LogP contribution in [0.25, 0.3) is 11.6 Å². The highest BCUT2D eigenvalue weighted by Gasteiger charge is 2.31. The van der Waals surface area contributed by atoms with Crippen molar-refractivity contribution in [3.05, 3.63) is 30.5 Å². The lowest BCUT2D eigenvalue weighted by atomic mass is 10.4. The van der Waals surface area contributed by atoms with E-state index in [9.17, 15) is 0 Å². The summed E-state index contributed by atoms with van der Waals surface area (Å²) in [5.41, 5.74) is 1.25. The SMILES string of the molecule is CC1OC(c2coc(-c3ccncn3)n2)O1. The topological polar surface area (TPSA) is 70.3 Å². The summed E-state index contributed by atoms with van der Waals surface area (Å²) >= 11 is 0. The van der Waals surface area contributed by atoms with Crippen LogP contribution in [0.2, 0.25) is 0 Å².